The first kappa shape index (κ1) is 20.1. The van der Waals surface area contributed by atoms with Crippen molar-refractivity contribution in [2.45, 2.75) is 24.9 Å². The summed E-state index contributed by atoms with van der Waals surface area (Å²) in [6.45, 7) is 17.3. The van der Waals surface area contributed by atoms with E-state index in [9.17, 15) is 0 Å². The topological polar surface area (TPSA) is 18.5 Å². The number of benzene rings is 1. The zero-order chi connectivity index (χ0) is 17.7. The van der Waals surface area contributed by atoms with Crippen LogP contribution in [0, 0.1) is 5.92 Å². The molecule has 0 aliphatic heterocycles. The molecule has 24 heavy (non-hydrogen) atoms. The molecule has 0 radical (unpaired) electrons. The molecule has 130 valence electrons. The zero-order valence-electron chi connectivity index (χ0n) is 14.7. The van der Waals surface area contributed by atoms with Crippen LogP contribution in [0.5, 0.6) is 0 Å². The summed E-state index contributed by atoms with van der Waals surface area (Å²) in [5, 5.41) is 0. The van der Waals surface area contributed by atoms with Crippen molar-refractivity contribution in [1.82, 2.24) is 0 Å². The predicted molar refractivity (Wildman–Crippen MR) is 103 cm³/mol. The van der Waals surface area contributed by atoms with Crippen LogP contribution >= 0.6 is 0 Å². The third-order valence-corrected chi connectivity index (χ3v) is 4.09. The molecule has 2 atom stereocenters. The van der Waals surface area contributed by atoms with E-state index >= 15 is 0 Å². The van der Waals surface area contributed by atoms with Crippen molar-refractivity contribution < 1.29 is 9.47 Å². The first-order chi connectivity index (χ1) is 11.7. The predicted octanol–water partition coefficient (Wildman–Crippen LogP) is 5.45. The number of hydrogen-bond donors (Lipinski definition) is 0. The van der Waals surface area contributed by atoms with Crippen molar-refractivity contribution >= 4 is 0 Å². The van der Waals surface area contributed by atoms with Gasteiger partial charge in [0.1, 0.15) is 5.60 Å². The number of hydrogen-bond acceptors (Lipinski definition) is 2. The van der Waals surface area contributed by atoms with Gasteiger partial charge in [-0.05, 0) is 18.4 Å². The molecule has 0 aliphatic rings. The van der Waals surface area contributed by atoms with Gasteiger partial charge in [-0.25, -0.2) is 0 Å². The largest absolute Gasteiger partial charge is 0.377 e. The molecule has 0 fully saturated rings. The molecule has 0 saturated carbocycles. The summed E-state index contributed by atoms with van der Waals surface area (Å²) >= 11 is 0. The second kappa shape index (κ2) is 11.6. The van der Waals surface area contributed by atoms with Gasteiger partial charge in [0, 0.05) is 12.5 Å². The highest BCUT2D eigenvalue weighted by Crippen LogP contribution is 2.38. The van der Waals surface area contributed by atoms with E-state index in [1.807, 2.05) is 30.4 Å². The van der Waals surface area contributed by atoms with Gasteiger partial charge in [0.15, 0.2) is 0 Å². The summed E-state index contributed by atoms with van der Waals surface area (Å²) in [5.41, 5.74) is 0.508. The van der Waals surface area contributed by atoms with Crippen LogP contribution in [0.1, 0.15) is 24.8 Å². The Balaban J connectivity index is 2.85. The summed E-state index contributed by atoms with van der Waals surface area (Å²) in [4.78, 5) is 0. The maximum atomic E-state index is 6.21. The van der Waals surface area contributed by atoms with Gasteiger partial charge in [0.2, 0.25) is 0 Å². The van der Waals surface area contributed by atoms with Gasteiger partial charge in [0.25, 0.3) is 0 Å². The average molecular weight is 326 g/mol. The molecule has 0 spiro atoms. The van der Waals surface area contributed by atoms with Gasteiger partial charge in [-0.2, -0.15) is 0 Å². The lowest BCUT2D eigenvalue weighted by atomic mass is 9.78. The molecular weight excluding hydrogens is 296 g/mol. The highest BCUT2D eigenvalue weighted by Gasteiger charge is 2.36. The number of rotatable bonds is 14. The summed E-state index contributed by atoms with van der Waals surface area (Å²) in [5.74, 6) is 0.136. The first-order valence-electron chi connectivity index (χ1n) is 8.50. The molecule has 0 saturated heterocycles. The molecule has 2 unspecified atom stereocenters. The Bertz CT molecular complexity index is 506. The van der Waals surface area contributed by atoms with Gasteiger partial charge >= 0.3 is 0 Å². The molecule has 0 N–H and O–H groups in total. The second-order valence-electron chi connectivity index (χ2n) is 5.66. The van der Waals surface area contributed by atoms with E-state index in [1.54, 1.807) is 12.2 Å². The summed E-state index contributed by atoms with van der Waals surface area (Å²) in [7, 11) is 0. The normalized spacial score (nSPS) is 14.3. The van der Waals surface area contributed by atoms with Crippen LogP contribution in [-0.4, -0.2) is 19.8 Å². The highest BCUT2D eigenvalue weighted by atomic mass is 16.5. The first-order valence-corrected chi connectivity index (χ1v) is 8.50. The number of unbranched alkanes of at least 4 members (excludes halogenated alkanes) is 1. The minimum Gasteiger partial charge on any atom is -0.377 e. The van der Waals surface area contributed by atoms with Gasteiger partial charge in [-0.15, -0.1) is 19.7 Å². The van der Waals surface area contributed by atoms with Crippen LogP contribution in [0.15, 0.2) is 81.0 Å². The molecule has 1 aromatic carbocycles. The third kappa shape index (κ3) is 5.63. The molecular formula is C22H30O2. The van der Waals surface area contributed by atoms with Crippen molar-refractivity contribution in [3.8, 4) is 0 Å². The number of ether oxygens (including phenoxy) is 2. The maximum Gasteiger partial charge on any atom is 0.118 e. The molecule has 2 heteroatoms. The van der Waals surface area contributed by atoms with Crippen molar-refractivity contribution in [2.24, 2.45) is 5.92 Å². The molecule has 0 aliphatic carbocycles. The Morgan fingerprint density at radius 3 is 2.25 bits per heavy atom. The minimum atomic E-state index is -0.584. The van der Waals surface area contributed by atoms with Crippen LogP contribution in [0.2, 0.25) is 0 Å². The van der Waals surface area contributed by atoms with Crippen molar-refractivity contribution in [2.75, 3.05) is 19.8 Å². The summed E-state index contributed by atoms with van der Waals surface area (Å²) < 4.78 is 11.7. The maximum absolute atomic E-state index is 6.21. The van der Waals surface area contributed by atoms with Gasteiger partial charge in [-0.3, -0.25) is 0 Å². The zero-order valence-corrected chi connectivity index (χ0v) is 14.7. The van der Waals surface area contributed by atoms with Gasteiger partial charge in [0.05, 0.1) is 13.2 Å². The van der Waals surface area contributed by atoms with Crippen molar-refractivity contribution in [1.29, 1.82) is 0 Å². The van der Waals surface area contributed by atoms with E-state index in [0.29, 0.717) is 13.2 Å². The van der Waals surface area contributed by atoms with Gasteiger partial charge < -0.3 is 9.47 Å². The van der Waals surface area contributed by atoms with E-state index in [-0.39, 0.29) is 5.92 Å². The van der Waals surface area contributed by atoms with Crippen molar-refractivity contribution in [3.05, 3.63) is 86.5 Å². The Labute approximate surface area is 147 Å². The van der Waals surface area contributed by atoms with E-state index in [2.05, 4.69) is 38.4 Å². The lowest BCUT2D eigenvalue weighted by molar-refractivity contribution is -0.0308. The minimum absolute atomic E-state index is 0.136. The molecule has 0 aromatic heterocycles. The van der Waals surface area contributed by atoms with E-state index in [1.165, 1.54) is 0 Å². The molecule has 1 rings (SSSR count). The summed E-state index contributed by atoms with van der Waals surface area (Å²) in [6.07, 6.45) is 10.4. The van der Waals surface area contributed by atoms with Crippen LogP contribution in [-0.2, 0) is 15.1 Å². The smallest absolute Gasteiger partial charge is 0.118 e. The summed E-state index contributed by atoms with van der Waals surface area (Å²) in [6, 6.07) is 10.2. The third-order valence-electron chi connectivity index (χ3n) is 4.09. The second-order valence-corrected chi connectivity index (χ2v) is 5.66. The van der Waals surface area contributed by atoms with E-state index < -0.39 is 5.60 Å². The van der Waals surface area contributed by atoms with E-state index in [4.69, 9.17) is 9.47 Å². The molecule has 0 amide bonds. The quantitative estimate of drug-likeness (QED) is 0.334. The van der Waals surface area contributed by atoms with E-state index in [0.717, 1.165) is 31.4 Å². The Kier molecular flexibility index (Phi) is 9.74. The standard InChI is InChI=1S/C22H30O2/c1-5-17-23-19-13-12-14-20(7-3)22(8-4,24-18-6-2)21-15-10-9-11-16-21/h5-11,15-16,20H,1-4,12-14,17-19H2. The fourth-order valence-electron chi connectivity index (χ4n) is 2.87. The Hall–Kier alpha value is -1.90. The Morgan fingerprint density at radius 1 is 0.958 bits per heavy atom. The fraction of sp³-hybridized carbons (Fsp3) is 0.364. The van der Waals surface area contributed by atoms with Crippen LogP contribution in [0.25, 0.3) is 0 Å². The van der Waals surface area contributed by atoms with Crippen LogP contribution in [0.3, 0.4) is 0 Å². The van der Waals surface area contributed by atoms with Crippen LogP contribution < -0.4 is 0 Å². The van der Waals surface area contributed by atoms with Crippen LogP contribution in [0.4, 0.5) is 0 Å². The highest BCUT2D eigenvalue weighted by molar-refractivity contribution is 5.30. The Morgan fingerprint density at radius 2 is 1.67 bits per heavy atom. The molecule has 0 bridgehead atoms. The van der Waals surface area contributed by atoms with Crippen molar-refractivity contribution in [3.63, 3.8) is 0 Å². The molecule has 0 heterocycles. The fourth-order valence-corrected chi connectivity index (χ4v) is 2.87. The monoisotopic (exact) mass is 326 g/mol. The SMILES string of the molecule is C=CCOCCCCC(C=C)C(C=C)(OCC=C)c1ccccc1. The average Bonchev–Trinajstić information content (AvgIpc) is 2.64. The lowest BCUT2D eigenvalue weighted by Crippen LogP contribution is -2.35. The van der Waals surface area contributed by atoms with Gasteiger partial charge in [-0.1, -0.05) is 67.6 Å². The molecule has 1 aromatic rings. The molecule has 2 nitrogen and oxygen atoms in total. The lowest BCUT2D eigenvalue weighted by Gasteiger charge is -2.37.